The van der Waals surface area contributed by atoms with Crippen LogP contribution in [0.15, 0.2) is 291 Å². The van der Waals surface area contributed by atoms with E-state index in [9.17, 15) is 0 Å². The van der Waals surface area contributed by atoms with E-state index in [0.717, 1.165) is 99.2 Å². The lowest BCUT2D eigenvalue weighted by molar-refractivity contribution is 0.660. The Kier molecular flexibility index (Phi) is 13.8. The van der Waals surface area contributed by atoms with Crippen molar-refractivity contribution in [3.63, 3.8) is 0 Å². The third kappa shape index (κ3) is 9.28. The molecule has 4 nitrogen and oxygen atoms in total. The number of nitrogens with zero attached hydrogens (tertiary/aromatic N) is 4. The first-order chi connectivity index (χ1) is 50.5. The van der Waals surface area contributed by atoms with Gasteiger partial charge in [-0.05, 0) is 199 Å². The van der Waals surface area contributed by atoms with Crippen LogP contribution in [0.2, 0.25) is 0 Å². The first-order valence-electron chi connectivity index (χ1n) is 36.2. The minimum Gasteiger partial charge on any atom is -0.247 e. The van der Waals surface area contributed by atoms with Crippen molar-refractivity contribution < 1.29 is 0 Å². The normalized spacial score (nSPS) is 14.4. The topological polar surface area (TPSA) is 34.5 Å². The lowest BCUT2D eigenvalue weighted by Crippen LogP contribution is -2.15. The van der Waals surface area contributed by atoms with Crippen molar-refractivity contribution >= 4 is 54.7 Å². The summed E-state index contributed by atoms with van der Waals surface area (Å²) in [6, 6.07) is 105. The Bertz CT molecular complexity index is 6520. The molecule has 16 aromatic rings. The number of para-hydroxylation sites is 1. The summed E-state index contributed by atoms with van der Waals surface area (Å²) in [7, 11) is 0. The highest BCUT2D eigenvalue weighted by Gasteiger charge is 2.40. The van der Waals surface area contributed by atoms with E-state index < -0.39 is 0 Å². The van der Waals surface area contributed by atoms with Gasteiger partial charge in [0, 0.05) is 54.3 Å². The van der Waals surface area contributed by atoms with Gasteiger partial charge in [0.2, 0.25) is 0 Å². The Morgan fingerprint density at radius 2 is 0.538 bits per heavy atom. The summed E-state index contributed by atoms with van der Waals surface area (Å²) in [6.07, 6.45) is 0. The molecule has 0 aliphatic heterocycles. The third-order valence-electron chi connectivity index (χ3n) is 23.8. The van der Waals surface area contributed by atoms with Crippen molar-refractivity contribution in [3.05, 3.63) is 359 Å². The maximum Gasteiger partial charge on any atom is 0.194 e. The summed E-state index contributed by atoms with van der Waals surface area (Å²) in [6.45, 7) is 34.4. The van der Waals surface area contributed by atoms with Gasteiger partial charge in [-0.3, -0.25) is 0 Å². The summed E-state index contributed by atoms with van der Waals surface area (Å²) in [5.41, 5.74) is 37.1. The van der Waals surface area contributed by atoms with E-state index in [0.29, 0.717) is 11.4 Å². The van der Waals surface area contributed by atoms with Crippen LogP contribution in [-0.4, -0.2) is 9.97 Å². The maximum absolute atomic E-state index is 8.00. The lowest BCUT2D eigenvalue weighted by Gasteiger charge is -2.23. The predicted octanol–water partition coefficient (Wildman–Crippen LogP) is 27.1. The number of aromatic nitrogens is 2. The molecule has 4 aliphatic carbocycles. The number of benzene rings is 14. The maximum atomic E-state index is 8.00. The van der Waals surface area contributed by atoms with Crippen molar-refractivity contribution in [2.75, 3.05) is 0 Å². The number of hydrogen-bond donors (Lipinski definition) is 0. The van der Waals surface area contributed by atoms with Gasteiger partial charge < -0.3 is 0 Å². The van der Waals surface area contributed by atoms with Crippen LogP contribution in [0.3, 0.4) is 0 Å². The molecule has 20 rings (SSSR count). The van der Waals surface area contributed by atoms with Gasteiger partial charge in [0.05, 0.1) is 35.6 Å². The van der Waals surface area contributed by atoms with Gasteiger partial charge in [-0.1, -0.05) is 292 Å². The minimum absolute atomic E-state index is 0.107. The van der Waals surface area contributed by atoms with Crippen molar-refractivity contribution in [2.24, 2.45) is 0 Å². The number of hydrogen-bond acceptors (Lipinski definition) is 2. The zero-order valence-electron chi connectivity index (χ0n) is 59.5. The van der Waals surface area contributed by atoms with Crippen LogP contribution in [0.25, 0.3) is 165 Å². The summed E-state index contributed by atoms with van der Waals surface area (Å²) >= 11 is 0. The molecule has 0 radical (unpaired) electrons. The molecule has 0 unspecified atom stereocenters. The Balaban J connectivity index is 0.000000143. The summed E-state index contributed by atoms with van der Waals surface area (Å²) < 4.78 is 0. The van der Waals surface area contributed by atoms with Crippen LogP contribution in [0.5, 0.6) is 0 Å². The highest BCUT2D eigenvalue weighted by molar-refractivity contribution is 6.18. The van der Waals surface area contributed by atoms with Crippen LogP contribution >= 0.6 is 0 Å². The Morgan fingerprint density at radius 1 is 0.221 bits per heavy atom. The van der Waals surface area contributed by atoms with Gasteiger partial charge in [0.25, 0.3) is 0 Å². The highest BCUT2D eigenvalue weighted by atomic mass is 14.7. The SMILES string of the molecule is [C-]#[N+]c1cccc(-c2cc3c(-c4ccc5c(c4)C(C)(C)c4ccccc4-5)cc(-c4ccc5c(c4)C(C)(C)c4ccccc4-5)nc3c3ccccc23)c1.[C-]#[N+]c1ccccc1-c1cc2c(-c3ccc4c(c3)C(C)(C)c3ccccc3-4)cc(-c3ccc4c(c3)C(C)(C)c3ccccc3-4)nc2c2ccccc12. The zero-order valence-corrected chi connectivity index (χ0v) is 59.5. The summed E-state index contributed by atoms with van der Waals surface area (Å²) in [5, 5.41) is 6.60. The average molecular weight is 1330 g/mol. The molecule has 0 fully saturated rings. The standard InChI is InChI=1S/2C50H36N2/c1-49(2)42-19-11-8-15-33(42)35-24-22-30(26-44(35)49)39-29-47(31-23-25-36-34-16-9-12-20-43(34)50(3,4)45(36)27-31)52-48-38-18-7-6-14-32(38)40(28-41(39)48)37-17-10-13-21-46(37)51-5;1-49(2)43-19-10-8-16-35(43)37-23-21-31(26-45(37)49)41-29-47(32-22-24-38-36-17-9-11-20-44(36)50(3,4)46(38)27-32)52-48-39-18-7-6-15-34(39)40(28-42(41)48)30-13-12-14-33(25-30)51-5/h2*6-29H,1-4H3. The Labute approximate surface area is 608 Å². The molecule has 492 valence electrons. The molecule has 2 heterocycles. The van der Waals surface area contributed by atoms with Crippen molar-refractivity contribution in [1.82, 2.24) is 9.97 Å². The highest BCUT2D eigenvalue weighted by Crippen LogP contribution is 2.56. The van der Waals surface area contributed by atoms with Gasteiger partial charge in [0.1, 0.15) is 0 Å². The first-order valence-corrected chi connectivity index (χ1v) is 36.2. The smallest absolute Gasteiger partial charge is 0.194 e. The fourth-order valence-corrected chi connectivity index (χ4v) is 18.4. The second kappa shape index (κ2) is 23.0. The quantitative estimate of drug-likeness (QED) is 0.123. The van der Waals surface area contributed by atoms with E-state index in [4.69, 9.17) is 23.1 Å². The first kappa shape index (κ1) is 62.4. The van der Waals surface area contributed by atoms with Gasteiger partial charge in [0.15, 0.2) is 11.4 Å². The number of pyridine rings is 2. The molecule has 2 aromatic heterocycles. The molecular weight excluding hydrogens is 1260 g/mol. The van der Waals surface area contributed by atoms with Gasteiger partial charge >= 0.3 is 0 Å². The fraction of sp³-hybridized carbons (Fsp3) is 0.120. The van der Waals surface area contributed by atoms with Crippen molar-refractivity contribution in [3.8, 4) is 112 Å². The van der Waals surface area contributed by atoms with Crippen LogP contribution < -0.4 is 0 Å². The van der Waals surface area contributed by atoms with E-state index in [2.05, 4.69) is 320 Å². The van der Waals surface area contributed by atoms with Crippen LogP contribution in [0.1, 0.15) is 99.9 Å². The lowest BCUT2D eigenvalue weighted by atomic mass is 9.81. The Hall–Kier alpha value is -12.6. The molecule has 4 heteroatoms. The largest absolute Gasteiger partial charge is 0.247 e. The molecule has 4 aliphatic rings. The van der Waals surface area contributed by atoms with Gasteiger partial charge in [-0.25, -0.2) is 19.7 Å². The van der Waals surface area contributed by atoms with Crippen molar-refractivity contribution in [1.29, 1.82) is 0 Å². The Morgan fingerprint density at radius 3 is 0.952 bits per heavy atom. The monoisotopic (exact) mass is 1330 g/mol. The second-order valence-electron chi connectivity index (χ2n) is 30.9. The fourth-order valence-electron chi connectivity index (χ4n) is 18.4. The minimum atomic E-state index is -0.124. The van der Waals surface area contributed by atoms with Crippen LogP contribution in [0.4, 0.5) is 11.4 Å². The number of fused-ring (bicyclic) bond motifs is 18. The third-order valence-corrected chi connectivity index (χ3v) is 23.8. The zero-order chi connectivity index (χ0) is 70.7. The van der Waals surface area contributed by atoms with E-state index in [-0.39, 0.29) is 21.7 Å². The van der Waals surface area contributed by atoms with Crippen LogP contribution in [0, 0.1) is 13.1 Å². The molecule has 0 saturated heterocycles. The molecular formula is C100H72N4. The molecule has 0 atom stereocenters. The predicted molar refractivity (Wildman–Crippen MR) is 434 cm³/mol. The van der Waals surface area contributed by atoms with E-state index in [1.165, 1.54) is 100 Å². The summed E-state index contributed by atoms with van der Waals surface area (Å²) in [5.74, 6) is 0. The molecule has 14 aromatic carbocycles. The molecule has 0 bridgehead atoms. The average Bonchev–Trinajstić information content (AvgIpc) is 1.13. The van der Waals surface area contributed by atoms with Gasteiger partial charge in [-0.15, -0.1) is 0 Å². The van der Waals surface area contributed by atoms with E-state index >= 15 is 0 Å². The number of rotatable bonds is 6. The van der Waals surface area contributed by atoms with Crippen molar-refractivity contribution in [2.45, 2.75) is 77.0 Å². The molecule has 0 amide bonds. The van der Waals surface area contributed by atoms with Gasteiger partial charge in [-0.2, -0.15) is 0 Å². The van der Waals surface area contributed by atoms with E-state index in [1.54, 1.807) is 0 Å². The summed E-state index contributed by atoms with van der Waals surface area (Å²) in [4.78, 5) is 18.8. The molecule has 0 saturated carbocycles. The molecule has 104 heavy (non-hydrogen) atoms. The molecule has 0 N–H and O–H groups in total. The second-order valence-corrected chi connectivity index (χ2v) is 30.9. The van der Waals surface area contributed by atoms with E-state index in [1.807, 2.05) is 36.4 Å². The molecule has 0 spiro atoms. The van der Waals surface area contributed by atoms with Crippen LogP contribution in [-0.2, 0) is 21.7 Å².